The Balaban J connectivity index is 0. The molecule has 0 saturated carbocycles. The summed E-state index contributed by atoms with van der Waals surface area (Å²) in [7, 11) is 5.41. The lowest BCUT2D eigenvalue weighted by atomic mass is 10.5. The Morgan fingerprint density at radius 3 is 1.18 bits per heavy atom. The third kappa shape index (κ3) is 18.1. The van der Waals surface area contributed by atoms with Crippen molar-refractivity contribution in [2.24, 2.45) is 0 Å². The number of hydrogen-bond donors (Lipinski definition) is 0. The molecule has 0 fully saturated rings. The van der Waals surface area contributed by atoms with Gasteiger partial charge in [0.2, 0.25) is 0 Å². The van der Waals surface area contributed by atoms with Gasteiger partial charge in [0.1, 0.15) is 0 Å². The average molecular weight is 194 g/mol. The van der Waals surface area contributed by atoms with Gasteiger partial charge in [0.05, 0.1) is 0 Å². The summed E-state index contributed by atoms with van der Waals surface area (Å²) in [6, 6.07) is 0. The lowest BCUT2D eigenvalue weighted by Crippen LogP contribution is -2.21. The van der Waals surface area contributed by atoms with Crippen molar-refractivity contribution >= 4 is 23.3 Å². The molecule has 68 valence electrons. The molecule has 1 nitrogen and oxygen atoms in total. The third-order valence-electron chi connectivity index (χ3n) is 1.34. The minimum atomic E-state index is -0.667. The first-order chi connectivity index (χ1) is 5.08. The molecule has 0 N–H and O–H groups in total. The molecule has 0 aromatic rings. The summed E-state index contributed by atoms with van der Waals surface area (Å²) in [5, 5.41) is 0. The molecule has 0 aliphatic heterocycles. The van der Waals surface area contributed by atoms with Crippen molar-refractivity contribution in [2.45, 2.75) is 32.3 Å². The number of nitrogens with zero attached hydrogens (tertiary/aromatic N) is 1. The van der Waals surface area contributed by atoms with Crippen LogP contribution >= 0.6 is 10.0 Å². The molecule has 0 aromatic heterocycles. The fourth-order valence-corrected chi connectivity index (χ4v) is 0.671. The first kappa shape index (κ1) is 14.3. The summed E-state index contributed by atoms with van der Waals surface area (Å²) in [6.45, 7) is 10.1. The van der Waals surface area contributed by atoms with E-state index in [0.29, 0.717) is 0 Å². The Bertz CT molecular complexity index is 56.8. The predicted octanol–water partition coefficient (Wildman–Crippen LogP) is 2.82. The van der Waals surface area contributed by atoms with E-state index in [9.17, 15) is 0 Å². The van der Waals surface area contributed by atoms with Crippen LogP contribution in [0.3, 0.4) is 0 Å². The van der Waals surface area contributed by atoms with Crippen LogP contribution in [0.2, 0.25) is 11.6 Å². The molecule has 11 heavy (non-hydrogen) atoms. The summed E-state index contributed by atoms with van der Waals surface area (Å²) >= 11 is -0.667. The van der Waals surface area contributed by atoms with E-state index in [2.05, 4.69) is 37.2 Å². The summed E-state index contributed by atoms with van der Waals surface area (Å²) in [5.74, 6) is 4.14. The van der Waals surface area contributed by atoms with Crippen LogP contribution in [0.5, 0.6) is 0 Å². The second kappa shape index (κ2) is 10.8. The highest BCUT2D eigenvalue weighted by molar-refractivity contribution is 7.05. The zero-order chi connectivity index (χ0) is 9.28. The van der Waals surface area contributed by atoms with Gasteiger partial charge in [-0.15, -0.1) is 0 Å². The molecule has 0 atom stereocenters. The number of hydrogen-bond acceptors (Lipinski definition) is 1. The Labute approximate surface area is 80.3 Å². The van der Waals surface area contributed by atoms with Crippen molar-refractivity contribution in [2.75, 3.05) is 19.6 Å². The quantitative estimate of drug-likeness (QED) is 0.624. The molecule has 0 saturated heterocycles. The maximum Gasteiger partial charge on any atom is 0.393 e. The summed E-state index contributed by atoms with van der Waals surface area (Å²) in [5.41, 5.74) is 0. The minimum absolute atomic E-state index is 0.667. The Morgan fingerprint density at radius 2 is 1.18 bits per heavy atom. The highest BCUT2D eigenvalue weighted by atomic mass is 35.6. The van der Waals surface area contributed by atoms with Gasteiger partial charge >= 0.3 is 13.2 Å². The van der Waals surface area contributed by atoms with Crippen LogP contribution in [0, 0.1) is 0 Å². The topological polar surface area (TPSA) is 3.24 Å². The van der Waals surface area contributed by atoms with Gasteiger partial charge in [0.25, 0.3) is 0 Å². The van der Waals surface area contributed by atoms with Crippen LogP contribution in [0.25, 0.3) is 0 Å². The largest absolute Gasteiger partial charge is 0.393 e. The number of halogens is 1. The highest BCUT2D eigenvalue weighted by Gasteiger charge is 1.89. The molecular weight excluding hydrogens is 173 g/mol. The molecule has 0 amide bonds. The van der Waals surface area contributed by atoms with E-state index in [1.165, 1.54) is 19.6 Å². The number of rotatable bonds is 3. The van der Waals surface area contributed by atoms with E-state index in [1.54, 1.807) is 0 Å². The lowest BCUT2D eigenvalue weighted by molar-refractivity contribution is 0.321. The molecule has 3 heteroatoms. The molecule has 0 bridgehead atoms. The van der Waals surface area contributed by atoms with E-state index >= 15 is 0 Å². The molecule has 0 aromatic carbocycles. The van der Waals surface area contributed by atoms with Crippen LogP contribution in [0.15, 0.2) is 0 Å². The van der Waals surface area contributed by atoms with Crippen molar-refractivity contribution in [1.29, 1.82) is 0 Å². The first-order valence-corrected chi connectivity index (χ1v) is 8.50. The van der Waals surface area contributed by atoms with Gasteiger partial charge in [0, 0.05) is 0 Å². The van der Waals surface area contributed by atoms with Crippen molar-refractivity contribution in [1.82, 2.24) is 4.90 Å². The smallest absolute Gasteiger partial charge is 0.304 e. The molecule has 0 spiro atoms. The van der Waals surface area contributed by atoms with Crippen LogP contribution in [-0.4, -0.2) is 37.8 Å². The molecular formula is C8H21AlClN. The zero-order valence-electron chi connectivity index (χ0n) is 8.52. The predicted molar refractivity (Wildman–Crippen MR) is 56.8 cm³/mol. The van der Waals surface area contributed by atoms with Gasteiger partial charge in [-0.05, 0) is 19.6 Å². The van der Waals surface area contributed by atoms with Crippen LogP contribution in [0.4, 0.5) is 0 Å². The molecule has 0 radical (unpaired) electrons. The van der Waals surface area contributed by atoms with Crippen molar-refractivity contribution in [3.8, 4) is 0 Å². The average Bonchev–Trinajstić information content (AvgIpc) is 1.90. The van der Waals surface area contributed by atoms with Crippen LogP contribution in [-0.2, 0) is 0 Å². The fourth-order valence-electron chi connectivity index (χ4n) is 0.671. The fraction of sp³-hybridized carbons (Fsp3) is 1.00. The monoisotopic (exact) mass is 193 g/mol. The van der Waals surface area contributed by atoms with Gasteiger partial charge in [-0.3, -0.25) is 10.0 Å². The second-order valence-electron chi connectivity index (χ2n) is 2.63. The first-order valence-electron chi connectivity index (χ1n) is 4.44. The van der Waals surface area contributed by atoms with Gasteiger partial charge in [0.15, 0.2) is 0 Å². The molecule has 0 aliphatic carbocycles. The van der Waals surface area contributed by atoms with Gasteiger partial charge < -0.3 is 4.90 Å². The lowest BCUT2D eigenvalue weighted by Gasteiger charge is -2.13. The maximum atomic E-state index is 5.41. The third-order valence-corrected chi connectivity index (χ3v) is 1.34. The van der Waals surface area contributed by atoms with Crippen molar-refractivity contribution in [3.63, 3.8) is 0 Å². The molecule has 0 aliphatic rings. The van der Waals surface area contributed by atoms with Gasteiger partial charge in [-0.1, -0.05) is 32.3 Å². The van der Waals surface area contributed by atoms with E-state index in [1.807, 2.05) is 0 Å². The van der Waals surface area contributed by atoms with E-state index in [4.69, 9.17) is 10.0 Å². The summed E-state index contributed by atoms with van der Waals surface area (Å²) in [6.07, 6.45) is 0. The molecule has 0 rings (SSSR count). The second-order valence-corrected chi connectivity index (χ2v) is 7.28. The normalized spacial score (nSPS) is 9.00. The summed E-state index contributed by atoms with van der Waals surface area (Å²) in [4.78, 5) is 2.38. The van der Waals surface area contributed by atoms with E-state index < -0.39 is 13.2 Å². The zero-order valence-corrected chi connectivity index (χ0v) is 10.4. The summed E-state index contributed by atoms with van der Waals surface area (Å²) < 4.78 is 0. The SMILES string of the molecule is CCN(CC)CC.[CH3][Al]([CH3])[Cl]. The van der Waals surface area contributed by atoms with Crippen molar-refractivity contribution in [3.05, 3.63) is 0 Å². The van der Waals surface area contributed by atoms with E-state index in [0.717, 1.165) is 0 Å². The van der Waals surface area contributed by atoms with Crippen molar-refractivity contribution < 1.29 is 0 Å². The van der Waals surface area contributed by atoms with Crippen LogP contribution < -0.4 is 0 Å². The Hall–Kier alpha value is 0.782. The Morgan fingerprint density at radius 1 is 1.00 bits per heavy atom. The molecule has 0 heterocycles. The maximum absolute atomic E-state index is 5.41. The molecule has 0 unspecified atom stereocenters. The van der Waals surface area contributed by atoms with Crippen LogP contribution in [0.1, 0.15) is 20.8 Å². The Kier molecular flexibility index (Phi) is 14.0. The van der Waals surface area contributed by atoms with Gasteiger partial charge in [-0.25, -0.2) is 0 Å². The van der Waals surface area contributed by atoms with Gasteiger partial charge in [-0.2, -0.15) is 0 Å². The highest BCUT2D eigenvalue weighted by Crippen LogP contribution is 1.81. The van der Waals surface area contributed by atoms with E-state index in [-0.39, 0.29) is 0 Å². The minimum Gasteiger partial charge on any atom is -0.304 e. The standard InChI is InChI=1S/C6H15N.2CH3.Al.ClH/c1-4-7(5-2)6-3;;;;/h4-6H2,1-3H3;2*1H3;;1H/q;;;+1;/p-1.